The topological polar surface area (TPSA) is 94.3 Å². The lowest BCUT2D eigenvalue weighted by Gasteiger charge is -2.28. The van der Waals surface area contributed by atoms with Crippen LogP contribution >= 0.6 is 0 Å². The van der Waals surface area contributed by atoms with Crippen LogP contribution in [0.15, 0.2) is 30.5 Å². The van der Waals surface area contributed by atoms with Crippen LogP contribution in [-0.2, 0) is 16.0 Å². The van der Waals surface area contributed by atoms with E-state index >= 15 is 0 Å². The van der Waals surface area contributed by atoms with Gasteiger partial charge in [0, 0.05) is 29.7 Å². The van der Waals surface area contributed by atoms with Crippen LogP contribution in [0, 0.1) is 0 Å². The molecule has 7 heteroatoms. The van der Waals surface area contributed by atoms with Crippen LogP contribution in [0.4, 0.5) is 4.79 Å². The molecular weight excluding hydrogens is 356 g/mol. The van der Waals surface area contributed by atoms with Gasteiger partial charge in [-0.2, -0.15) is 0 Å². The zero-order valence-corrected chi connectivity index (χ0v) is 15.9. The molecule has 0 spiro atoms. The van der Waals surface area contributed by atoms with Gasteiger partial charge in [0.25, 0.3) is 5.91 Å². The van der Waals surface area contributed by atoms with Gasteiger partial charge in [-0.3, -0.25) is 14.5 Å². The van der Waals surface area contributed by atoms with Crippen molar-refractivity contribution in [3.05, 3.63) is 36.0 Å². The van der Waals surface area contributed by atoms with Crippen molar-refractivity contribution in [3.8, 4) is 0 Å². The number of H-pyrrole nitrogens is 1. The minimum absolute atomic E-state index is 0.0122. The Balaban J connectivity index is 1.28. The number of urea groups is 1. The quantitative estimate of drug-likeness (QED) is 0.670. The van der Waals surface area contributed by atoms with Gasteiger partial charge in [-0.05, 0) is 30.9 Å². The Kier molecular flexibility index (Phi) is 5.32. The van der Waals surface area contributed by atoms with Crippen LogP contribution < -0.4 is 10.6 Å². The van der Waals surface area contributed by atoms with Crippen molar-refractivity contribution in [2.75, 3.05) is 6.54 Å². The van der Waals surface area contributed by atoms with Crippen molar-refractivity contribution >= 4 is 28.7 Å². The lowest BCUT2D eigenvalue weighted by molar-refractivity contribution is -0.132. The molecule has 3 N–H and O–H groups in total. The third-order valence-corrected chi connectivity index (χ3v) is 5.77. The lowest BCUT2D eigenvalue weighted by atomic mass is 9.94. The van der Waals surface area contributed by atoms with E-state index < -0.39 is 6.04 Å². The monoisotopic (exact) mass is 382 g/mol. The average Bonchev–Trinajstić information content (AvgIpc) is 3.23. The minimum Gasteiger partial charge on any atom is -0.361 e. The number of hydrogen-bond donors (Lipinski definition) is 3. The van der Waals surface area contributed by atoms with Crippen molar-refractivity contribution in [1.29, 1.82) is 0 Å². The molecule has 0 bridgehead atoms. The van der Waals surface area contributed by atoms with Crippen LogP contribution in [0.2, 0.25) is 0 Å². The van der Waals surface area contributed by atoms with Gasteiger partial charge < -0.3 is 15.6 Å². The molecule has 1 atom stereocenters. The summed E-state index contributed by atoms with van der Waals surface area (Å²) < 4.78 is 0. The van der Waals surface area contributed by atoms with E-state index in [1.54, 1.807) is 0 Å². The summed E-state index contributed by atoms with van der Waals surface area (Å²) in [7, 11) is 0. The van der Waals surface area contributed by atoms with Gasteiger partial charge in [-0.1, -0.05) is 37.5 Å². The van der Waals surface area contributed by atoms with E-state index in [-0.39, 0.29) is 30.3 Å². The van der Waals surface area contributed by atoms with Gasteiger partial charge in [0.05, 0.1) is 6.42 Å². The number of nitrogens with one attached hydrogen (secondary N) is 3. The van der Waals surface area contributed by atoms with Gasteiger partial charge in [-0.25, -0.2) is 4.79 Å². The Morgan fingerprint density at radius 3 is 2.75 bits per heavy atom. The minimum atomic E-state index is -0.748. The first-order valence-electron chi connectivity index (χ1n) is 10.1. The van der Waals surface area contributed by atoms with Crippen molar-refractivity contribution in [1.82, 2.24) is 20.5 Å². The third kappa shape index (κ3) is 3.74. The van der Waals surface area contributed by atoms with Gasteiger partial charge in [-0.15, -0.1) is 0 Å². The van der Waals surface area contributed by atoms with Crippen molar-refractivity contribution in [3.63, 3.8) is 0 Å². The Morgan fingerprint density at radius 1 is 1.14 bits per heavy atom. The summed E-state index contributed by atoms with van der Waals surface area (Å²) in [5, 5.41) is 6.70. The number of benzene rings is 1. The maximum atomic E-state index is 12.6. The SMILES string of the molecule is O=C(CC1NC(=O)N(C2CCCCC2)C1=O)NCCc1c[nH]c2ccccc12. The fourth-order valence-electron chi connectivity index (χ4n) is 4.30. The fourth-order valence-corrected chi connectivity index (χ4v) is 4.30. The molecule has 4 amide bonds. The second-order valence-corrected chi connectivity index (χ2v) is 7.67. The molecule has 4 rings (SSSR count). The van der Waals surface area contributed by atoms with Crippen LogP contribution in [-0.4, -0.2) is 46.4 Å². The highest BCUT2D eigenvalue weighted by molar-refractivity contribution is 6.06. The van der Waals surface area contributed by atoms with E-state index in [0.717, 1.165) is 48.6 Å². The summed E-state index contributed by atoms with van der Waals surface area (Å²) in [6.07, 6.45) is 7.62. The number of carbonyl (C=O) groups excluding carboxylic acids is 3. The number of imide groups is 1. The van der Waals surface area contributed by atoms with Gasteiger partial charge in [0.1, 0.15) is 6.04 Å². The number of para-hydroxylation sites is 1. The highest BCUT2D eigenvalue weighted by Gasteiger charge is 2.42. The summed E-state index contributed by atoms with van der Waals surface area (Å²) in [4.78, 5) is 41.7. The highest BCUT2D eigenvalue weighted by Crippen LogP contribution is 2.26. The maximum Gasteiger partial charge on any atom is 0.325 e. The largest absolute Gasteiger partial charge is 0.361 e. The lowest BCUT2D eigenvalue weighted by Crippen LogP contribution is -2.42. The molecular formula is C21H26N4O3. The van der Waals surface area contributed by atoms with E-state index in [1.807, 2.05) is 24.4 Å². The van der Waals surface area contributed by atoms with Crippen molar-refractivity contribution < 1.29 is 14.4 Å². The smallest absolute Gasteiger partial charge is 0.325 e. The first-order valence-corrected chi connectivity index (χ1v) is 10.1. The van der Waals surface area contributed by atoms with E-state index in [1.165, 1.54) is 4.90 Å². The van der Waals surface area contributed by atoms with Crippen molar-refractivity contribution in [2.45, 2.75) is 57.0 Å². The van der Waals surface area contributed by atoms with Crippen LogP contribution in [0.5, 0.6) is 0 Å². The zero-order chi connectivity index (χ0) is 19.5. The summed E-state index contributed by atoms with van der Waals surface area (Å²) in [5.41, 5.74) is 2.22. The Hall–Kier alpha value is -2.83. The molecule has 0 radical (unpaired) electrons. The summed E-state index contributed by atoms with van der Waals surface area (Å²) in [5.74, 6) is -0.479. The third-order valence-electron chi connectivity index (χ3n) is 5.77. The number of nitrogens with zero attached hydrogens (tertiary/aromatic N) is 1. The molecule has 7 nitrogen and oxygen atoms in total. The molecule has 148 valence electrons. The van der Waals surface area contributed by atoms with E-state index in [9.17, 15) is 14.4 Å². The van der Waals surface area contributed by atoms with Crippen LogP contribution in [0.1, 0.15) is 44.1 Å². The molecule has 1 saturated heterocycles. The summed E-state index contributed by atoms with van der Waals surface area (Å²) in [6, 6.07) is 6.92. The maximum absolute atomic E-state index is 12.6. The number of carbonyl (C=O) groups is 3. The number of hydrogen-bond acceptors (Lipinski definition) is 3. The molecule has 28 heavy (non-hydrogen) atoms. The molecule has 1 aliphatic heterocycles. The predicted octanol–water partition coefficient (Wildman–Crippen LogP) is 2.47. The number of aromatic amines is 1. The molecule has 1 aromatic carbocycles. The molecule has 1 unspecified atom stereocenters. The van der Waals surface area contributed by atoms with E-state index in [4.69, 9.17) is 0 Å². The van der Waals surface area contributed by atoms with Crippen LogP contribution in [0.3, 0.4) is 0 Å². The Morgan fingerprint density at radius 2 is 1.93 bits per heavy atom. The molecule has 2 heterocycles. The van der Waals surface area contributed by atoms with E-state index in [0.29, 0.717) is 13.0 Å². The second-order valence-electron chi connectivity index (χ2n) is 7.67. The van der Waals surface area contributed by atoms with E-state index in [2.05, 4.69) is 21.7 Å². The molecule has 1 aliphatic carbocycles. The first-order chi connectivity index (χ1) is 13.6. The average molecular weight is 382 g/mol. The standard InChI is InChI=1S/C21H26N4O3/c26-19(22-11-10-14-13-23-17-9-5-4-8-16(14)17)12-18-20(27)25(21(28)24-18)15-6-2-1-3-7-15/h4-5,8-9,13,15,18,23H,1-3,6-7,10-12H2,(H,22,26)(H,24,28). The second kappa shape index (κ2) is 8.04. The zero-order valence-electron chi connectivity index (χ0n) is 15.9. The molecule has 1 saturated carbocycles. The van der Waals surface area contributed by atoms with Gasteiger partial charge >= 0.3 is 6.03 Å². The van der Waals surface area contributed by atoms with Gasteiger partial charge in [0.15, 0.2) is 0 Å². The normalized spacial score (nSPS) is 20.6. The number of rotatable bonds is 6. The highest BCUT2D eigenvalue weighted by atomic mass is 16.2. The summed E-state index contributed by atoms with van der Waals surface area (Å²) in [6.45, 7) is 0.488. The number of aromatic nitrogens is 1. The predicted molar refractivity (Wildman–Crippen MR) is 106 cm³/mol. The molecule has 2 aromatic rings. The fraction of sp³-hybridized carbons (Fsp3) is 0.476. The van der Waals surface area contributed by atoms with Gasteiger partial charge in [0.2, 0.25) is 5.91 Å². The number of amides is 4. The number of fused-ring (bicyclic) bond motifs is 1. The molecule has 1 aromatic heterocycles. The first kappa shape index (κ1) is 18.5. The molecule has 2 aliphatic rings. The van der Waals surface area contributed by atoms with Crippen LogP contribution in [0.25, 0.3) is 10.9 Å². The molecule has 2 fully saturated rings. The Bertz CT molecular complexity index is 885. The van der Waals surface area contributed by atoms with Crippen molar-refractivity contribution in [2.24, 2.45) is 0 Å². The Labute approximate surface area is 163 Å². The summed E-state index contributed by atoms with van der Waals surface area (Å²) >= 11 is 0.